The number of benzene rings is 2. The van der Waals surface area contributed by atoms with Crippen molar-refractivity contribution in [3.63, 3.8) is 0 Å². The molecule has 1 aliphatic rings. The highest BCUT2D eigenvalue weighted by molar-refractivity contribution is 7.07. The highest BCUT2D eigenvalue weighted by Crippen LogP contribution is 2.36. The monoisotopic (exact) mass is 512 g/mol. The van der Waals surface area contributed by atoms with Gasteiger partial charge in [-0.2, -0.15) is 0 Å². The van der Waals surface area contributed by atoms with Gasteiger partial charge in [-0.1, -0.05) is 41.1 Å². The average molecular weight is 513 g/mol. The SMILES string of the molecule is COC(=O)C1=C(C)N=c2s/c(=C/c3cccc(Cl)c3)c(=O)n2[C@H]1c1ccc(OC(C)=O)c(OC)c1. The lowest BCUT2D eigenvalue weighted by Gasteiger charge is -2.25. The first kappa shape index (κ1) is 24.4. The Morgan fingerprint density at radius 1 is 1.14 bits per heavy atom. The molecular weight excluding hydrogens is 492 g/mol. The maximum absolute atomic E-state index is 13.6. The molecule has 2 heterocycles. The Bertz CT molecular complexity index is 1550. The summed E-state index contributed by atoms with van der Waals surface area (Å²) in [6.45, 7) is 2.98. The molecule has 8 nitrogen and oxygen atoms in total. The molecule has 35 heavy (non-hydrogen) atoms. The predicted octanol–water partition coefficient (Wildman–Crippen LogP) is 3.00. The number of methoxy groups -OCH3 is 2. The summed E-state index contributed by atoms with van der Waals surface area (Å²) < 4.78 is 17.5. The lowest BCUT2D eigenvalue weighted by Crippen LogP contribution is -2.39. The number of allylic oxidation sites excluding steroid dienone is 1. The zero-order valence-electron chi connectivity index (χ0n) is 19.3. The predicted molar refractivity (Wildman–Crippen MR) is 132 cm³/mol. The maximum atomic E-state index is 13.6. The van der Waals surface area contributed by atoms with Crippen LogP contribution in [0.2, 0.25) is 5.02 Å². The second-order valence-electron chi connectivity index (χ2n) is 7.63. The van der Waals surface area contributed by atoms with Gasteiger partial charge in [-0.05, 0) is 48.4 Å². The molecule has 0 radical (unpaired) electrons. The van der Waals surface area contributed by atoms with Gasteiger partial charge in [0.15, 0.2) is 16.3 Å². The third kappa shape index (κ3) is 4.78. The van der Waals surface area contributed by atoms with Crippen molar-refractivity contribution < 1.29 is 23.8 Å². The smallest absolute Gasteiger partial charge is 0.338 e. The highest BCUT2D eigenvalue weighted by Gasteiger charge is 2.33. The summed E-state index contributed by atoms with van der Waals surface area (Å²) in [6, 6.07) is 11.2. The van der Waals surface area contributed by atoms with Gasteiger partial charge in [0, 0.05) is 11.9 Å². The minimum absolute atomic E-state index is 0.219. The van der Waals surface area contributed by atoms with Crippen LogP contribution in [0.5, 0.6) is 11.5 Å². The van der Waals surface area contributed by atoms with E-state index in [1.165, 1.54) is 37.0 Å². The van der Waals surface area contributed by atoms with Crippen molar-refractivity contribution in [2.24, 2.45) is 4.99 Å². The number of nitrogens with zero attached hydrogens (tertiary/aromatic N) is 2. The minimum Gasteiger partial charge on any atom is -0.493 e. The van der Waals surface area contributed by atoms with Gasteiger partial charge in [0.05, 0.1) is 36.1 Å². The summed E-state index contributed by atoms with van der Waals surface area (Å²) >= 11 is 7.30. The van der Waals surface area contributed by atoms with E-state index in [0.717, 1.165) is 5.56 Å². The highest BCUT2D eigenvalue weighted by atomic mass is 35.5. The number of thiazole rings is 1. The molecule has 1 aromatic heterocycles. The summed E-state index contributed by atoms with van der Waals surface area (Å²) in [5, 5.41) is 0.549. The molecule has 1 atom stereocenters. The summed E-state index contributed by atoms with van der Waals surface area (Å²) in [7, 11) is 2.71. The molecule has 10 heteroatoms. The van der Waals surface area contributed by atoms with Crippen LogP contribution in [-0.4, -0.2) is 30.7 Å². The van der Waals surface area contributed by atoms with Gasteiger partial charge in [-0.3, -0.25) is 14.2 Å². The van der Waals surface area contributed by atoms with Crippen LogP contribution in [-0.2, 0) is 14.3 Å². The number of carbonyl (C=O) groups is 2. The number of fused-ring (bicyclic) bond motifs is 1. The van der Waals surface area contributed by atoms with Gasteiger partial charge in [-0.15, -0.1) is 0 Å². The zero-order valence-corrected chi connectivity index (χ0v) is 20.9. The molecule has 3 aromatic rings. The van der Waals surface area contributed by atoms with Crippen molar-refractivity contribution in [2.75, 3.05) is 14.2 Å². The molecule has 0 amide bonds. The van der Waals surface area contributed by atoms with E-state index in [4.69, 9.17) is 25.8 Å². The van der Waals surface area contributed by atoms with Crippen LogP contribution in [0, 0.1) is 0 Å². The second kappa shape index (κ2) is 9.89. The average Bonchev–Trinajstić information content (AvgIpc) is 3.12. The Morgan fingerprint density at radius 3 is 2.57 bits per heavy atom. The molecule has 0 unspecified atom stereocenters. The molecule has 0 fully saturated rings. The van der Waals surface area contributed by atoms with Gasteiger partial charge < -0.3 is 14.2 Å². The minimum atomic E-state index is -0.833. The Hall–Kier alpha value is -3.69. The zero-order chi connectivity index (χ0) is 25.3. The number of esters is 2. The second-order valence-corrected chi connectivity index (χ2v) is 9.08. The first-order valence-corrected chi connectivity index (χ1v) is 11.7. The maximum Gasteiger partial charge on any atom is 0.338 e. The molecular formula is C25H21ClN2O6S. The fraction of sp³-hybridized carbons (Fsp3) is 0.200. The summed E-state index contributed by atoms with van der Waals surface area (Å²) in [4.78, 5) is 42.8. The lowest BCUT2D eigenvalue weighted by atomic mass is 9.95. The van der Waals surface area contributed by atoms with Gasteiger partial charge in [-0.25, -0.2) is 9.79 Å². The molecule has 0 spiro atoms. The number of carbonyl (C=O) groups excluding carboxylic acids is 2. The van der Waals surface area contributed by atoms with Crippen molar-refractivity contribution >= 4 is 41.0 Å². The number of halogens is 1. The van der Waals surface area contributed by atoms with Crippen LogP contribution >= 0.6 is 22.9 Å². The summed E-state index contributed by atoms with van der Waals surface area (Å²) in [5.41, 5.74) is 1.64. The van der Waals surface area contributed by atoms with Crippen LogP contribution in [0.15, 0.2) is 63.5 Å². The van der Waals surface area contributed by atoms with E-state index in [1.54, 1.807) is 49.4 Å². The Morgan fingerprint density at radius 2 is 1.91 bits per heavy atom. The van der Waals surface area contributed by atoms with Gasteiger partial charge in [0.2, 0.25) is 0 Å². The molecule has 0 saturated carbocycles. The third-order valence-electron chi connectivity index (χ3n) is 5.33. The third-order valence-corrected chi connectivity index (χ3v) is 6.55. The number of rotatable bonds is 5. The van der Waals surface area contributed by atoms with Crippen LogP contribution in [0.25, 0.3) is 6.08 Å². The van der Waals surface area contributed by atoms with Crippen LogP contribution in [0.3, 0.4) is 0 Å². The van der Waals surface area contributed by atoms with Crippen molar-refractivity contribution in [2.45, 2.75) is 19.9 Å². The van der Waals surface area contributed by atoms with Crippen molar-refractivity contribution in [3.8, 4) is 11.5 Å². The van der Waals surface area contributed by atoms with Crippen molar-refractivity contribution in [1.29, 1.82) is 0 Å². The normalized spacial score (nSPS) is 15.3. The first-order valence-electron chi connectivity index (χ1n) is 10.5. The number of ether oxygens (including phenoxy) is 3. The molecule has 0 N–H and O–H groups in total. The summed E-state index contributed by atoms with van der Waals surface area (Å²) in [6.07, 6.45) is 1.73. The van der Waals surface area contributed by atoms with E-state index in [0.29, 0.717) is 25.6 Å². The largest absolute Gasteiger partial charge is 0.493 e. The number of hydrogen-bond donors (Lipinski definition) is 0. The van der Waals surface area contributed by atoms with Gasteiger partial charge >= 0.3 is 11.9 Å². The van der Waals surface area contributed by atoms with E-state index in [1.807, 2.05) is 6.07 Å². The van der Waals surface area contributed by atoms with Crippen molar-refractivity contribution in [1.82, 2.24) is 4.57 Å². The van der Waals surface area contributed by atoms with E-state index >= 15 is 0 Å². The van der Waals surface area contributed by atoms with Gasteiger partial charge in [0.25, 0.3) is 5.56 Å². The van der Waals surface area contributed by atoms with Gasteiger partial charge in [0.1, 0.15) is 0 Å². The van der Waals surface area contributed by atoms with Crippen LogP contribution in [0.4, 0.5) is 0 Å². The fourth-order valence-corrected chi connectivity index (χ4v) is 5.09. The first-order chi connectivity index (χ1) is 16.7. The quantitative estimate of drug-likeness (QED) is 0.385. The van der Waals surface area contributed by atoms with E-state index in [2.05, 4.69) is 4.99 Å². The fourth-order valence-electron chi connectivity index (χ4n) is 3.85. The van der Waals surface area contributed by atoms with Crippen LogP contribution in [0.1, 0.15) is 31.0 Å². The molecule has 0 saturated heterocycles. The number of aromatic nitrogens is 1. The lowest BCUT2D eigenvalue weighted by molar-refractivity contribution is -0.136. The molecule has 0 bridgehead atoms. The Labute approximate surface area is 209 Å². The molecule has 4 rings (SSSR count). The Kier molecular flexibility index (Phi) is 6.90. The standard InChI is InChI=1S/C25H21ClN2O6S/c1-13-21(24(31)33-4)22(16-8-9-18(34-14(2)29)19(12-16)32-3)28-23(30)20(35-25(28)27-13)11-15-6-5-7-17(26)10-15/h5-12,22H,1-4H3/b20-11+/t22-/m0/s1. The van der Waals surface area contributed by atoms with Crippen molar-refractivity contribution in [3.05, 3.63) is 89.6 Å². The van der Waals surface area contributed by atoms with E-state index in [9.17, 15) is 14.4 Å². The van der Waals surface area contributed by atoms with E-state index in [-0.39, 0.29) is 22.6 Å². The number of hydrogen-bond acceptors (Lipinski definition) is 8. The topological polar surface area (TPSA) is 96.2 Å². The molecule has 0 aliphatic carbocycles. The molecule has 2 aromatic carbocycles. The van der Waals surface area contributed by atoms with E-state index < -0.39 is 18.0 Å². The summed E-state index contributed by atoms with van der Waals surface area (Å²) in [5.74, 6) is -0.616. The Balaban J connectivity index is 1.96. The molecule has 1 aliphatic heterocycles. The molecule has 180 valence electrons. The van der Waals surface area contributed by atoms with Crippen LogP contribution < -0.4 is 24.4 Å².